The Morgan fingerprint density at radius 2 is 1.55 bits per heavy atom. The molecule has 1 aliphatic heterocycles. The molecule has 154 valence electrons. The Balaban J connectivity index is 1.49. The summed E-state index contributed by atoms with van der Waals surface area (Å²) in [5.41, 5.74) is 2.00. The topological polar surface area (TPSA) is 60.9 Å². The second-order valence-corrected chi connectivity index (χ2v) is 9.01. The van der Waals surface area contributed by atoms with Gasteiger partial charge in [0.15, 0.2) is 0 Å². The van der Waals surface area contributed by atoms with Crippen molar-refractivity contribution in [3.8, 4) is 0 Å². The summed E-state index contributed by atoms with van der Waals surface area (Å²) in [6.45, 7) is 2.47. The van der Waals surface area contributed by atoms with E-state index in [1.165, 1.54) is 9.71 Å². The van der Waals surface area contributed by atoms with Crippen LogP contribution < -0.4 is 0 Å². The quantitative estimate of drug-likeness (QED) is 0.699. The Kier molecular flexibility index (Phi) is 7.19. The third-order valence-corrected chi connectivity index (χ3v) is 6.45. The van der Waals surface area contributed by atoms with Gasteiger partial charge in [-0.05, 0) is 24.3 Å². The molecule has 1 fully saturated rings. The molecule has 0 aliphatic carbocycles. The van der Waals surface area contributed by atoms with Crippen LogP contribution in [0.3, 0.4) is 0 Å². The fourth-order valence-corrected chi connectivity index (χ4v) is 4.46. The highest BCUT2D eigenvalue weighted by molar-refractivity contribution is 7.92. The SMILES string of the molecule is CN(CC(=O)N1CCN(S(=O)(=O)/C=C/c2ccccc2)CC1)Cc1ccccc1. The van der Waals surface area contributed by atoms with E-state index in [-0.39, 0.29) is 5.91 Å². The smallest absolute Gasteiger partial charge is 0.236 e. The molecular formula is C22H27N3O3S. The number of amides is 1. The second-order valence-electron chi connectivity index (χ2n) is 7.20. The lowest BCUT2D eigenvalue weighted by Gasteiger charge is -2.34. The van der Waals surface area contributed by atoms with Gasteiger partial charge in [-0.15, -0.1) is 0 Å². The lowest BCUT2D eigenvalue weighted by Crippen LogP contribution is -2.51. The number of benzene rings is 2. The largest absolute Gasteiger partial charge is 0.339 e. The van der Waals surface area contributed by atoms with Gasteiger partial charge < -0.3 is 4.90 Å². The predicted molar refractivity (Wildman–Crippen MR) is 115 cm³/mol. The van der Waals surface area contributed by atoms with Crippen LogP contribution in [0.2, 0.25) is 0 Å². The molecule has 0 radical (unpaired) electrons. The molecule has 7 heteroatoms. The van der Waals surface area contributed by atoms with E-state index in [0.717, 1.165) is 11.1 Å². The van der Waals surface area contributed by atoms with Crippen molar-refractivity contribution in [2.45, 2.75) is 6.54 Å². The highest BCUT2D eigenvalue weighted by atomic mass is 32.2. The van der Waals surface area contributed by atoms with E-state index >= 15 is 0 Å². The van der Waals surface area contributed by atoms with Crippen molar-refractivity contribution in [2.75, 3.05) is 39.8 Å². The van der Waals surface area contributed by atoms with Crippen molar-refractivity contribution in [1.82, 2.24) is 14.1 Å². The van der Waals surface area contributed by atoms with E-state index in [0.29, 0.717) is 39.3 Å². The monoisotopic (exact) mass is 413 g/mol. The minimum Gasteiger partial charge on any atom is -0.339 e. The highest BCUT2D eigenvalue weighted by Crippen LogP contribution is 2.12. The third kappa shape index (κ3) is 6.25. The number of carbonyl (C=O) groups is 1. The summed E-state index contributed by atoms with van der Waals surface area (Å²) in [7, 11) is -1.57. The van der Waals surface area contributed by atoms with E-state index in [2.05, 4.69) is 0 Å². The fourth-order valence-electron chi connectivity index (χ4n) is 3.29. The number of hydrogen-bond donors (Lipinski definition) is 0. The number of hydrogen-bond acceptors (Lipinski definition) is 4. The van der Waals surface area contributed by atoms with Gasteiger partial charge in [0.1, 0.15) is 0 Å². The number of rotatable bonds is 7. The van der Waals surface area contributed by atoms with Crippen molar-refractivity contribution in [2.24, 2.45) is 0 Å². The first-order valence-corrected chi connectivity index (χ1v) is 11.2. The minimum absolute atomic E-state index is 0.0281. The van der Waals surface area contributed by atoms with Crippen LogP contribution in [0.1, 0.15) is 11.1 Å². The number of sulfonamides is 1. The van der Waals surface area contributed by atoms with Crippen LogP contribution in [0.5, 0.6) is 0 Å². The van der Waals surface area contributed by atoms with Gasteiger partial charge in [0.05, 0.1) is 6.54 Å². The van der Waals surface area contributed by atoms with Gasteiger partial charge >= 0.3 is 0 Å². The minimum atomic E-state index is -3.49. The summed E-state index contributed by atoms with van der Waals surface area (Å²) >= 11 is 0. The molecule has 29 heavy (non-hydrogen) atoms. The molecule has 3 rings (SSSR count). The van der Waals surface area contributed by atoms with Crippen molar-refractivity contribution in [3.63, 3.8) is 0 Å². The molecule has 0 atom stereocenters. The summed E-state index contributed by atoms with van der Waals surface area (Å²) in [6, 6.07) is 19.3. The number of carbonyl (C=O) groups excluding carboxylic acids is 1. The summed E-state index contributed by atoms with van der Waals surface area (Å²) in [5, 5.41) is 1.24. The van der Waals surface area contributed by atoms with Gasteiger partial charge in [0.25, 0.3) is 0 Å². The van der Waals surface area contributed by atoms with Gasteiger partial charge in [0, 0.05) is 38.1 Å². The standard InChI is InChI=1S/C22H27N3O3S/c1-23(18-21-10-6-3-7-11-21)19-22(26)24-13-15-25(16-14-24)29(27,28)17-12-20-8-4-2-5-9-20/h2-12,17H,13-16,18-19H2,1H3/b17-12+. The average Bonchev–Trinajstić information content (AvgIpc) is 2.74. The fraction of sp³-hybridized carbons (Fsp3) is 0.318. The Morgan fingerprint density at radius 1 is 0.966 bits per heavy atom. The zero-order chi connectivity index (χ0) is 20.7. The zero-order valence-electron chi connectivity index (χ0n) is 16.6. The van der Waals surface area contributed by atoms with E-state index in [4.69, 9.17) is 0 Å². The molecule has 0 N–H and O–H groups in total. The Morgan fingerprint density at radius 3 is 2.17 bits per heavy atom. The molecule has 0 bridgehead atoms. The number of piperazine rings is 1. The van der Waals surface area contributed by atoms with Crippen LogP contribution >= 0.6 is 0 Å². The predicted octanol–water partition coefficient (Wildman–Crippen LogP) is 2.26. The molecule has 2 aromatic carbocycles. The molecule has 1 saturated heterocycles. The summed E-state index contributed by atoms with van der Waals surface area (Å²) in [6.07, 6.45) is 1.60. The molecule has 1 amide bonds. The van der Waals surface area contributed by atoms with Crippen LogP contribution in [-0.2, 0) is 21.4 Å². The molecule has 0 saturated carbocycles. The molecule has 1 aliphatic rings. The molecule has 1 heterocycles. The maximum atomic E-state index is 12.6. The first kappa shape index (κ1) is 21.2. The highest BCUT2D eigenvalue weighted by Gasteiger charge is 2.27. The molecule has 0 aromatic heterocycles. The number of likely N-dealkylation sites (N-methyl/N-ethyl adjacent to an activating group) is 1. The molecule has 6 nitrogen and oxygen atoms in total. The van der Waals surface area contributed by atoms with Crippen LogP contribution in [-0.4, -0.2) is 68.2 Å². The summed E-state index contributed by atoms with van der Waals surface area (Å²) < 4.78 is 26.5. The third-order valence-electron chi connectivity index (χ3n) is 4.88. The van der Waals surface area contributed by atoms with Gasteiger partial charge in [-0.1, -0.05) is 60.7 Å². The van der Waals surface area contributed by atoms with Gasteiger partial charge in [-0.2, -0.15) is 4.31 Å². The molecular weight excluding hydrogens is 386 g/mol. The van der Waals surface area contributed by atoms with E-state index in [9.17, 15) is 13.2 Å². The van der Waals surface area contributed by atoms with Crippen molar-refractivity contribution < 1.29 is 13.2 Å². The molecule has 0 spiro atoms. The first-order valence-electron chi connectivity index (χ1n) is 9.67. The first-order chi connectivity index (χ1) is 13.9. The molecule has 2 aromatic rings. The summed E-state index contributed by atoms with van der Waals surface area (Å²) in [5.74, 6) is 0.0281. The Hall–Kier alpha value is -2.48. The van der Waals surface area contributed by atoms with Crippen LogP contribution in [0.25, 0.3) is 6.08 Å². The molecule has 0 unspecified atom stereocenters. The maximum Gasteiger partial charge on any atom is 0.236 e. The van der Waals surface area contributed by atoms with E-state index < -0.39 is 10.0 Å². The average molecular weight is 414 g/mol. The van der Waals surface area contributed by atoms with Crippen molar-refractivity contribution >= 4 is 22.0 Å². The maximum absolute atomic E-state index is 12.6. The van der Waals surface area contributed by atoms with Gasteiger partial charge in [-0.3, -0.25) is 9.69 Å². The van der Waals surface area contributed by atoms with Gasteiger partial charge in [0.2, 0.25) is 15.9 Å². The number of nitrogens with zero attached hydrogens (tertiary/aromatic N) is 3. The van der Waals surface area contributed by atoms with E-state index in [1.54, 1.807) is 11.0 Å². The zero-order valence-corrected chi connectivity index (χ0v) is 17.5. The second kappa shape index (κ2) is 9.82. The van der Waals surface area contributed by atoms with Crippen LogP contribution in [0.4, 0.5) is 0 Å². The van der Waals surface area contributed by atoms with Crippen LogP contribution in [0, 0.1) is 0 Å². The van der Waals surface area contributed by atoms with Crippen LogP contribution in [0.15, 0.2) is 66.1 Å². The van der Waals surface area contributed by atoms with E-state index in [1.807, 2.05) is 72.6 Å². The van der Waals surface area contributed by atoms with Crippen molar-refractivity contribution in [1.29, 1.82) is 0 Å². The lowest BCUT2D eigenvalue weighted by molar-refractivity contribution is -0.133. The Bertz CT molecular complexity index is 922. The normalized spacial score (nSPS) is 15.9. The van der Waals surface area contributed by atoms with Crippen molar-refractivity contribution in [3.05, 3.63) is 77.2 Å². The Labute approximate surface area is 173 Å². The van der Waals surface area contributed by atoms with Gasteiger partial charge in [-0.25, -0.2) is 8.42 Å². The summed E-state index contributed by atoms with van der Waals surface area (Å²) in [4.78, 5) is 16.3. The lowest BCUT2D eigenvalue weighted by atomic mass is 10.2.